The monoisotopic (exact) mass is 258 g/mol. The zero-order valence-corrected chi connectivity index (χ0v) is 10.2. The van der Waals surface area contributed by atoms with E-state index >= 15 is 0 Å². The minimum atomic E-state index is -1.06. The average Bonchev–Trinajstić information content (AvgIpc) is 2.41. The number of aromatic nitrogens is 1. The van der Waals surface area contributed by atoms with Crippen molar-refractivity contribution in [2.24, 2.45) is 0 Å². The van der Waals surface area contributed by atoms with Gasteiger partial charge in [0.25, 0.3) is 0 Å². The predicted molar refractivity (Wildman–Crippen MR) is 71.2 cm³/mol. The highest BCUT2D eigenvalue weighted by atomic mass is 16.5. The highest BCUT2D eigenvalue weighted by Gasteiger charge is 2.11. The van der Waals surface area contributed by atoms with Crippen LogP contribution < -0.4 is 10.5 Å². The quantitative estimate of drug-likeness (QED) is 0.801. The molecule has 98 valence electrons. The van der Waals surface area contributed by atoms with Gasteiger partial charge < -0.3 is 15.6 Å². The summed E-state index contributed by atoms with van der Waals surface area (Å²) in [7, 11) is 0. The largest absolute Gasteiger partial charge is 0.491 e. The minimum Gasteiger partial charge on any atom is -0.491 e. The molecule has 0 atom stereocenters. The number of aromatic carboxylic acids is 1. The smallest absolute Gasteiger partial charge is 0.337 e. The molecular formula is C14H14N2O3. The van der Waals surface area contributed by atoms with Crippen LogP contribution in [0.15, 0.2) is 42.6 Å². The molecule has 3 N–H and O–H groups in total. The van der Waals surface area contributed by atoms with Crippen LogP contribution in [0, 0.1) is 0 Å². The van der Waals surface area contributed by atoms with Crippen LogP contribution in [0.5, 0.6) is 5.75 Å². The summed E-state index contributed by atoms with van der Waals surface area (Å²) in [4.78, 5) is 15.1. The number of ether oxygens (including phenoxy) is 1. The number of para-hydroxylation sites is 1. The van der Waals surface area contributed by atoms with E-state index < -0.39 is 5.97 Å². The van der Waals surface area contributed by atoms with E-state index in [4.69, 9.17) is 15.6 Å². The van der Waals surface area contributed by atoms with Crippen molar-refractivity contribution in [3.8, 4) is 5.75 Å². The number of nitrogens with zero attached hydrogens (tertiary/aromatic N) is 1. The van der Waals surface area contributed by atoms with E-state index in [0.717, 1.165) is 5.69 Å². The van der Waals surface area contributed by atoms with Gasteiger partial charge >= 0.3 is 5.97 Å². The zero-order chi connectivity index (χ0) is 13.7. The normalized spacial score (nSPS) is 10.1. The third-order valence-corrected chi connectivity index (χ3v) is 2.64. The maximum atomic E-state index is 10.9. The lowest BCUT2D eigenvalue weighted by Crippen LogP contribution is -2.08. The summed E-state index contributed by atoms with van der Waals surface area (Å²) < 4.78 is 5.50. The summed E-state index contributed by atoms with van der Waals surface area (Å²) in [6.45, 7) is 0.393. The first-order valence-electron chi connectivity index (χ1n) is 5.83. The van der Waals surface area contributed by atoms with E-state index in [1.54, 1.807) is 18.3 Å². The molecule has 2 aromatic rings. The van der Waals surface area contributed by atoms with Crippen LogP contribution in [0.1, 0.15) is 16.1 Å². The van der Waals surface area contributed by atoms with Gasteiger partial charge in [-0.25, -0.2) is 4.79 Å². The van der Waals surface area contributed by atoms with Crippen molar-refractivity contribution in [1.82, 2.24) is 4.98 Å². The van der Waals surface area contributed by atoms with Crippen LogP contribution in [-0.2, 0) is 6.42 Å². The van der Waals surface area contributed by atoms with E-state index in [9.17, 15) is 4.79 Å². The molecule has 0 saturated carbocycles. The Morgan fingerprint density at radius 1 is 1.26 bits per heavy atom. The van der Waals surface area contributed by atoms with Gasteiger partial charge in [0.15, 0.2) is 0 Å². The number of carboxylic acid groups (broad SMARTS) is 1. The lowest BCUT2D eigenvalue weighted by atomic mass is 10.1. The highest BCUT2D eigenvalue weighted by Crippen LogP contribution is 2.25. The van der Waals surface area contributed by atoms with Gasteiger partial charge in [0.2, 0.25) is 0 Å². The second-order valence-electron chi connectivity index (χ2n) is 3.94. The third-order valence-electron chi connectivity index (χ3n) is 2.64. The van der Waals surface area contributed by atoms with Gasteiger partial charge in [0.05, 0.1) is 17.9 Å². The first kappa shape index (κ1) is 12.9. The Balaban J connectivity index is 2.00. The molecule has 5 nitrogen and oxygen atoms in total. The summed E-state index contributed by atoms with van der Waals surface area (Å²) in [5, 5.41) is 8.95. The second kappa shape index (κ2) is 5.86. The fourth-order valence-corrected chi connectivity index (χ4v) is 1.67. The van der Waals surface area contributed by atoms with E-state index in [1.165, 1.54) is 6.07 Å². The molecule has 0 aliphatic carbocycles. The van der Waals surface area contributed by atoms with Crippen molar-refractivity contribution in [3.63, 3.8) is 0 Å². The fraction of sp³-hybridized carbons (Fsp3) is 0.143. The Morgan fingerprint density at radius 2 is 2.11 bits per heavy atom. The SMILES string of the molecule is Nc1c(OCCc2ccccn2)cccc1C(=O)O. The molecule has 0 fully saturated rings. The zero-order valence-electron chi connectivity index (χ0n) is 10.2. The van der Waals surface area contributed by atoms with Gasteiger partial charge in [-0.15, -0.1) is 0 Å². The Kier molecular flexibility index (Phi) is 3.97. The molecule has 5 heteroatoms. The van der Waals surface area contributed by atoms with Crippen molar-refractivity contribution in [2.45, 2.75) is 6.42 Å². The highest BCUT2D eigenvalue weighted by molar-refractivity contribution is 5.95. The maximum absolute atomic E-state index is 10.9. The minimum absolute atomic E-state index is 0.0512. The van der Waals surface area contributed by atoms with Crippen LogP contribution in [0.25, 0.3) is 0 Å². The number of hydrogen-bond acceptors (Lipinski definition) is 4. The van der Waals surface area contributed by atoms with Gasteiger partial charge in [-0.1, -0.05) is 12.1 Å². The molecule has 0 saturated heterocycles. The average molecular weight is 258 g/mol. The molecule has 2 rings (SSSR count). The number of nitrogen functional groups attached to an aromatic ring is 1. The molecule has 0 radical (unpaired) electrons. The van der Waals surface area contributed by atoms with Crippen molar-refractivity contribution in [3.05, 3.63) is 53.9 Å². The molecule has 1 heterocycles. The van der Waals surface area contributed by atoms with Gasteiger partial charge in [0.1, 0.15) is 5.75 Å². The number of pyridine rings is 1. The number of carbonyl (C=O) groups is 1. The molecule has 0 spiro atoms. The van der Waals surface area contributed by atoms with E-state index in [-0.39, 0.29) is 11.3 Å². The molecule has 0 aliphatic heterocycles. The van der Waals surface area contributed by atoms with E-state index in [1.807, 2.05) is 18.2 Å². The van der Waals surface area contributed by atoms with Crippen LogP contribution in [0.2, 0.25) is 0 Å². The van der Waals surface area contributed by atoms with Crippen molar-refractivity contribution < 1.29 is 14.6 Å². The summed E-state index contributed by atoms with van der Waals surface area (Å²) in [6, 6.07) is 10.4. The Morgan fingerprint density at radius 3 is 2.79 bits per heavy atom. The predicted octanol–water partition coefficient (Wildman–Crippen LogP) is 1.98. The summed E-state index contributed by atoms with van der Waals surface area (Å²) in [5.74, 6) is -0.677. The van der Waals surface area contributed by atoms with Crippen LogP contribution in [-0.4, -0.2) is 22.7 Å². The summed E-state index contributed by atoms with van der Waals surface area (Å²) >= 11 is 0. The first-order chi connectivity index (χ1) is 9.18. The molecular weight excluding hydrogens is 244 g/mol. The molecule has 19 heavy (non-hydrogen) atoms. The van der Waals surface area contributed by atoms with Crippen LogP contribution in [0.3, 0.4) is 0 Å². The number of hydrogen-bond donors (Lipinski definition) is 2. The van der Waals surface area contributed by atoms with Gasteiger partial charge in [0, 0.05) is 18.3 Å². The maximum Gasteiger partial charge on any atom is 0.337 e. The first-order valence-corrected chi connectivity index (χ1v) is 5.83. The fourth-order valence-electron chi connectivity index (χ4n) is 1.67. The van der Waals surface area contributed by atoms with Crippen LogP contribution >= 0.6 is 0 Å². The lowest BCUT2D eigenvalue weighted by Gasteiger charge is -2.10. The summed E-state index contributed by atoms with van der Waals surface area (Å²) in [5.41, 5.74) is 6.86. The Labute approximate surface area is 110 Å². The second-order valence-corrected chi connectivity index (χ2v) is 3.94. The standard InChI is InChI=1S/C14H14N2O3/c15-13-11(14(17)18)5-3-6-12(13)19-9-7-10-4-1-2-8-16-10/h1-6,8H,7,9,15H2,(H,17,18). The number of benzene rings is 1. The number of rotatable bonds is 5. The van der Waals surface area contributed by atoms with Gasteiger partial charge in [-0.3, -0.25) is 4.98 Å². The van der Waals surface area contributed by atoms with Crippen molar-refractivity contribution in [1.29, 1.82) is 0 Å². The molecule has 0 unspecified atom stereocenters. The molecule has 0 amide bonds. The molecule has 0 aliphatic rings. The van der Waals surface area contributed by atoms with Crippen LogP contribution in [0.4, 0.5) is 5.69 Å². The van der Waals surface area contributed by atoms with Gasteiger partial charge in [-0.05, 0) is 24.3 Å². The van der Waals surface area contributed by atoms with E-state index in [0.29, 0.717) is 18.8 Å². The number of nitrogens with two attached hydrogens (primary N) is 1. The Hall–Kier alpha value is -2.56. The van der Waals surface area contributed by atoms with Crippen molar-refractivity contribution >= 4 is 11.7 Å². The number of anilines is 1. The summed E-state index contributed by atoms with van der Waals surface area (Å²) in [6.07, 6.45) is 2.35. The molecule has 0 bridgehead atoms. The Bertz CT molecular complexity index is 570. The third kappa shape index (κ3) is 3.22. The van der Waals surface area contributed by atoms with Crippen molar-refractivity contribution in [2.75, 3.05) is 12.3 Å². The van der Waals surface area contributed by atoms with E-state index in [2.05, 4.69) is 4.98 Å². The number of carboxylic acids is 1. The van der Waals surface area contributed by atoms with Gasteiger partial charge in [-0.2, -0.15) is 0 Å². The molecule has 1 aromatic carbocycles. The topological polar surface area (TPSA) is 85.4 Å². The lowest BCUT2D eigenvalue weighted by molar-refractivity contribution is 0.0697. The molecule has 1 aromatic heterocycles.